The highest BCUT2D eigenvalue weighted by Crippen LogP contribution is 2.21. The predicted molar refractivity (Wildman–Crippen MR) is 80.7 cm³/mol. The number of fused-ring (bicyclic) bond motifs is 1. The molecule has 2 aromatic heterocycles. The zero-order valence-corrected chi connectivity index (χ0v) is 13.4. The first-order valence-electron chi connectivity index (χ1n) is 7.16. The van der Waals surface area contributed by atoms with Crippen molar-refractivity contribution >= 4 is 10.0 Å². The Morgan fingerprint density at radius 2 is 2.22 bits per heavy atom. The van der Waals surface area contributed by atoms with Crippen molar-refractivity contribution in [2.45, 2.75) is 25.6 Å². The van der Waals surface area contributed by atoms with Crippen LogP contribution in [0.1, 0.15) is 12.1 Å². The molecule has 0 aromatic carbocycles. The van der Waals surface area contributed by atoms with Gasteiger partial charge >= 0.3 is 0 Å². The normalized spacial score (nSPS) is 19.1. The summed E-state index contributed by atoms with van der Waals surface area (Å²) in [6.07, 6.45) is 4.76. The highest BCUT2D eigenvalue weighted by molar-refractivity contribution is 7.88. The van der Waals surface area contributed by atoms with Crippen LogP contribution in [0.3, 0.4) is 0 Å². The number of hydrogen-bond donors (Lipinski definition) is 0. The van der Waals surface area contributed by atoms with Gasteiger partial charge in [-0.3, -0.25) is 4.68 Å². The molecule has 2 aromatic rings. The lowest BCUT2D eigenvalue weighted by atomic mass is 10.2. The van der Waals surface area contributed by atoms with Gasteiger partial charge in [0.1, 0.15) is 6.61 Å². The number of rotatable bonds is 4. The fraction of sp³-hybridized carbons (Fsp3) is 0.429. The van der Waals surface area contributed by atoms with Gasteiger partial charge in [-0.15, -0.1) is 0 Å². The van der Waals surface area contributed by atoms with Gasteiger partial charge in [0.25, 0.3) is 0 Å². The second kappa shape index (κ2) is 6.25. The SMILES string of the molecule is CS(=O)(=O)N1Cc2ccnn2CC[C@@H]1COc1ncccc1F. The molecule has 0 radical (unpaired) electrons. The van der Waals surface area contributed by atoms with Gasteiger partial charge in [-0.25, -0.2) is 17.8 Å². The van der Waals surface area contributed by atoms with E-state index in [4.69, 9.17) is 4.74 Å². The maximum Gasteiger partial charge on any atom is 0.250 e. The Morgan fingerprint density at radius 3 is 2.96 bits per heavy atom. The molecule has 124 valence electrons. The van der Waals surface area contributed by atoms with E-state index in [9.17, 15) is 12.8 Å². The van der Waals surface area contributed by atoms with Crippen molar-refractivity contribution in [2.24, 2.45) is 0 Å². The van der Waals surface area contributed by atoms with Crippen LogP contribution in [0.25, 0.3) is 0 Å². The number of hydrogen-bond acceptors (Lipinski definition) is 5. The van der Waals surface area contributed by atoms with E-state index >= 15 is 0 Å². The van der Waals surface area contributed by atoms with Crippen LogP contribution in [0.5, 0.6) is 5.88 Å². The molecule has 1 atom stereocenters. The van der Waals surface area contributed by atoms with Crippen LogP contribution in [0.2, 0.25) is 0 Å². The predicted octanol–water partition coefficient (Wildman–Crippen LogP) is 1.03. The van der Waals surface area contributed by atoms with Crippen LogP contribution in [-0.4, -0.2) is 46.4 Å². The van der Waals surface area contributed by atoms with E-state index < -0.39 is 21.9 Å². The zero-order chi connectivity index (χ0) is 16.4. The summed E-state index contributed by atoms with van der Waals surface area (Å²) in [5.41, 5.74) is 0.821. The molecular weight excluding hydrogens is 323 g/mol. The van der Waals surface area contributed by atoms with E-state index in [1.807, 2.05) is 0 Å². The second-order valence-corrected chi connectivity index (χ2v) is 7.33. The minimum absolute atomic E-state index is 0.0336. The van der Waals surface area contributed by atoms with Crippen molar-refractivity contribution in [3.63, 3.8) is 0 Å². The molecule has 0 fully saturated rings. The van der Waals surface area contributed by atoms with E-state index in [0.29, 0.717) is 13.0 Å². The first-order valence-corrected chi connectivity index (χ1v) is 9.01. The van der Waals surface area contributed by atoms with Gasteiger partial charge in [-0.05, 0) is 24.6 Å². The van der Waals surface area contributed by atoms with Gasteiger partial charge in [0.05, 0.1) is 24.5 Å². The first-order chi connectivity index (χ1) is 10.9. The van der Waals surface area contributed by atoms with E-state index in [1.165, 1.54) is 22.6 Å². The van der Waals surface area contributed by atoms with Crippen molar-refractivity contribution in [3.8, 4) is 5.88 Å². The maximum atomic E-state index is 13.6. The molecule has 1 aliphatic heterocycles. The Kier molecular flexibility index (Phi) is 4.31. The largest absolute Gasteiger partial charge is 0.474 e. The third-order valence-electron chi connectivity index (χ3n) is 3.77. The average Bonchev–Trinajstić information content (AvgIpc) is 2.86. The summed E-state index contributed by atoms with van der Waals surface area (Å²) in [5.74, 6) is -0.692. The molecule has 23 heavy (non-hydrogen) atoms. The van der Waals surface area contributed by atoms with Gasteiger partial charge in [-0.2, -0.15) is 9.40 Å². The first kappa shape index (κ1) is 15.9. The molecule has 0 spiro atoms. The van der Waals surface area contributed by atoms with Crippen molar-refractivity contribution in [2.75, 3.05) is 12.9 Å². The number of aryl methyl sites for hydroxylation is 1. The number of halogens is 1. The van der Waals surface area contributed by atoms with E-state index in [0.717, 1.165) is 11.9 Å². The maximum absolute atomic E-state index is 13.6. The van der Waals surface area contributed by atoms with Crippen molar-refractivity contribution in [1.82, 2.24) is 19.1 Å². The summed E-state index contributed by atoms with van der Waals surface area (Å²) < 4.78 is 46.4. The number of pyridine rings is 1. The van der Waals surface area contributed by atoms with Gasteiger partial charge in [-0.1, -0.05) is 0 Å². The fourth-order valence-electron chi connectivity index (χ4n) is 2.61. The van der Waals surface area contributed by atoms with E-state index in [2.05, 4.69) is 10.1 Å². The Hall–Kier alpha value is -2.00. The lowest BCUT2D eigenvalue weighted by Crippen LogP contribution is -2.42. The molecule has 3 rings (SSSR count). The summed E-state index contributed by atoms with van der Waals surface area (Å²) in [6.45, 7) is 0.830. The fourth-order valence-corrected chi connectivity index (χ4v) is 3.68. The standard InChI is InChI=1S/C14H17FN4O3S/c1-23(20,21)19-9-11-4-7-17-18(11)8-5-12(19)10-22-14-13(15)3-2-6-16-14/h2-4,6-7,12H,5,8-10H2,1H3/t12-/m1/s1. The molecule has 0 unspecified atom stereocenters. The number of nitrogens with zero attached hydrogens (tertiary/aromatic N) is 4. The number of ether oxygens (including phenoxy) is 1. The number of aromatic nitrogens is 3. The summed E-state index contributed by atoms with van der Waals surface area (Å²) >= 11 is 0. The van der Waals surface area contributed by atoms with Crippen LogP contribution < -0.4 is 4.74 Å². The Balaban J connectivity index is 1.79. The van der Waals surface area contributed by atoms with Crippen LogP contribution in [0.15, 0.2) is 30.6 Å². The Morgan fingerprint density at radius 1 is 1.39 bits per heavy atom. The van der Waals surface area contributed by atoms with Gasteiger partial charge in [0.2, 0.25) is 15.9 Å². The zero-order valence-electron chi connectivity index (χ0n) is 12.6. The highest BCUT2D eigenvalue weighted by Gasteiger charge is 2.31. The summed E-state index contributed by atoms with van der Waals surface area (Å²) in [6, 6.07) is 4.10. The lowest BCUT2D eigenvalue weighted by Gasteiger charge is -2.27. The van der Waals surface area contributed by atoms with E-state index in [1.54, 1.807) is 16.9 Å². The van der Waals surface area contributed by atoms with Crippen molar-refractivity contribution in [3.05, 3.63) is 42.1 Å². The van der Waals surface area contributed by atoms with Crippen LogP contribution in [-0.2, 0) is 23.1 Å². The molecule has 7 nitrogen and oxygen atoms in total. The minimum Gasteiger partial charge on any atom is -0.474 e. The summed E-state index contributed by atoms with van der Waals surface area (Å²) in [4.78, 5) is 3.82. The molecule has 0 saturated heterocycles. The summed E-state index contributed by atoms with van der Waals surface area (Å²) in [7, 11) is -3.44. The Labute approximate surface area is 133 Å². The van der Waals surface area contributed by atoms with Crippen LogP contribution in [0.4, 0.5) is 4.39 Å². The number of sulfonamides is 1. The smallest absolute Gasteiger partial charge is 0.250 e. The van der Waals surface area contributed by atoms with Crippen LogP contribution in [0, 0.1) is 5.82 Å². The highest BCUT2D eigenvalue weighted by atomic mass is 32.2. The molecule has 1 aliphatic rings. The molecule has 0 N–H and O–H groups in total. The van der Waals surface area contributed by atoms with Gasteiger partial charge < -0.3 is 4.74 Å². The lowest BCUT2D eigenvalue weighted by molar-refractivity contribution is 0.185. The average molecular weight is 340 g/mol. The molecular formula is C14H17FN4O3S. The van der Waals surface area contributed by atoms with E-state index in [-0.39, 0.29) is 19.0 Å². The quantitative estimate of drug-likeness (QED) is 0.831. The Bertz CT molecular complexity index is 793. The van der Waals surface area contributed by atoms with Crippen molar-refractivity contribution in [1.29, 1.82) is 0 Å². The van der Waals surface area contributed by atoms with Gasteiger partial charge in [0.15, 0.2) is 5.82 Å². The van der Waals surface area contributed by atoms with Crippen molar-refractivity contribution < 1.29 is 17.5 Å². The van der Waals surface area contributed by atoms with Gasteiger partial charge in [0, 0.05) is 18.9 Å². The third kappa shape index (κ3) is 3.50. The third-order valence-corrected chi connectivity index (χ3v) is 5.05. The molecule has 0 aliphatic carbocycles. The molecule has 3 heterocycles. The molecule has 0 saturated carbocycles. The monoisotopic (exact) mass is 340 g/mol. The second-order valence-electron chi connectivity index (χ2n) is 5.40. The molecule has 0 bridgehead atoms. The van der Waals surface area contributed by atoms with Crippen LogP contribution >= 0.6 is 0 Å². The molecule has 0 amide bonds. The molecule has 9 heteroatoms. The minimum atomic E-state index is -3.44. The topological polar surface area (TPSA) is 77.3 Å². The summed E-state index contributed by atoms with van der Waals surface area (Å²) in [5, 5.41) is 4.18.